The Morgan fingerprint density at radius 3 is 2.50 bits per heavy atom. The molecule has 0 aliphatic rings. The van der Waals surface area contributed by atoms with E-state index in [2.05, 4.69) is 38.5 Å². The molecule has 0 saturated carbocycles. The van der Waals surface area contributed by atoms with Crippen molar-refractivity contribution in [1.29, 1.82) is 0 Å². The predicted octanol–water partition coefficient (Wildman–Crippen LogP) is 4.13. The molecular weight excluding hydrogens is 405 g/mol. The fraction of sp³-hybridized carbons (Fsp3) is 0.143. The van der Waals surface area contributed by atoms with E-state index in [1.54, 1.807) is 0 Å². The SMILES string of the molecule is NCC(Oc1ccc(I)cc1)c1cccc(Br)c1. The van der Waals surface area contributed by atoms with Gasteiger partial charge in [-0.1, -0.05) is 28.1 Å². The molecule has 2 nitrogen and oxygen atoms in total. The summed E-state index contributed by atoms with van der Waals surface area (Å²) >= 11 is 5.73. The maximum Gasteiger partial charge on any atom is 0.136 e. The second-order valence-electron chi connectivity index (χ2n) is 3.85. The Morgan fingerprint density at radius 2 is 1.89 bits per heavy atom. The summed E-state index contributed by atoms with van der Waals surface area (Å²) in [6.07, 6.45) is -0.123. The third kappa shape index (κ3) is 3.70. The number of rotatable bonds is 4. The normalized spacial score (nSPS) is 12.2. The summed E-state index contributed by atoms with van der Waals surface area (Å²) in [6.45, 7) is 0.447. The molecule has 0 bridgehead atoms. The molecule has 18 heavy (non-hydrogen) atoms. The fourth-order valence-electron chi connectivity index (χ4n) is 1.64. The van der Waals surface area contributed by atoms with Crippen LogP contribution in [0.15, 0.2) is 53.0 Å². The lowest BCUT2D eigenvalue weighted by Gasteiger charge is -2.18. The van der Waals surface area contributed by atoms with Gasteiger partial charge in [-0.25, -0.2) is 0 Å². The van der Waals surface area contributed by atoms with E-state index in [9.17, 15) is 0 Å². The molecular formula is C14H13BrINO. The number of nitrogens with two attached hydrogens (primary N) is 1. The largest absolute Gasteiger partial charge is 0.484 e. The van der Waals surface area contributed by atoms with E-state index in [1.165, 1.54) is 3.57 Å². The van der Waals surface area contributed by atoms with Crippen molar-refractivity contribution < 1.29 is 4.74 Å². The van der Waals surface area contributed by atoms with E-state index >= 15 is 0 Å². The van der Waals surface area contributed by atoms with Gasteiger partial charge in [-0.05, 0) is 64.6 Å². The molecule has 94 valence electrons. The molecule has 0 aliphatic carbocycles. The lowest BCUT2D eigenvalue weighted by molar-refractivity contribution is 0.214. The summed E-state index contributed by atoms with van der Waals surface area (Å²) in [5.41, 5.74) is 6.87. The predicted molar refractivity (Wildman–Crippen MR) is 85.7 cm³/mol. The number of benzene rings is 2. The molecule has 1 unspecified atom stereocenters. The van der Waals surface area contributed by atoms with Crippen molar-refractivity contribution in [3.05, 3.63) is 62.1 Å². The number of hydrogen-bond donors (Lipinski definition) is 1. The summed E-state index contributed by atoms with van der Waals surface area (Å²) in [6, 6.07) is 16.0. The minimum absolute atomic E-state index is 0.123. The van der Waals surface area contributed by atoms with Gasteiger partial charge in [0.2, 0.25) is 0 Å². The van der Waals surface area contributed by atoms with Gasteiger partial charge in [-0.15, -0.1) is 0 Å². The van der Waals surface area contributed by atoms with E-state index in [0.29, 0.717) is 6.54 Å². The first-order valence-electron chi connectivity index (χ1n) is 5.57. The number of ether oxygens (including phenoxy) is 1. The van der Waals surface area contributed by atoms with Crippen molar-refractivity contribution in [1.82, 2.24) is 0 Å². The van der Waals surface area contributed by atoms with Gasteiger partial charge in [-0.2, -0.15) is 0 Å². The molecule has 4 heteroatoms. The van der Waals surface area contributed by atoms with Crippen LogP contribution < -0.4 is 10.5 Å². The molecule has 0 spiro atoms. The second kappa shape index (κ2) is 6.54. The van der Waals surface area contributed by atoms with Gasteiger partial charge in [0.05, 0.1) is 0 Å². The van der Waals surface area contributed by atoms with Crippen LogP contribution in [-0.4, -0.2) is 6.54 Å². The zero-order chi connectivity index (χ0) is 13.0. The summed E-state index contributed by atoms with van der Waals surface area (Å²) in [5.74, 6) is 0.839. The third-order valence-electron chi connectivity index (χ3n) is 2.53. The van der Waals surface area contributed by atoms with Crippen LogP contribution in [0.1, 0.15) is 11.7 Å². The fourth-order valence-corrected chi connectivity index (χ4v) is 2.41. The van der Waals surface area contributed by atoms with Gasteiger partial charge in [-0.3, -0.25) is 0 Å². The quantitative estimate of drug-likeness (QED) is 0.759. The Bertz CT molecular complexity index is 515. The lowest BCUT2D eigenvalue weighted by Crippen LogP contribution is -2.18. The van der Waals surface area contributed by atoms with E-state index in [1.807, 2.05) is 48.5 Å². The van der Waals surface area contributed by atoms with Crippen molar-refractivity contribution in [3.63, 3.8) is 0 Å². The van der Waals surface area contributed by atoms with Gasteiger partial charge in [0.15, 0.2) is 0 Å². The van der Waals surface area contributed by atoms with Gasteiger partial charge >= 0.3 is 0 Å². The maximum absolute atomic E-state index is 5.91. The van der Waals surface area contributed by atoms with Crippen molar-refractivity contribution >= 4 is 38.5 Å². The molecule has 2 aromatic carbocycles. The van der Waals surface area contributed by atoms with Crippen LogP contribution in [0, 0.1) is 3.57 Å². The number of hydrogen-bond acceptors (Lipinski definition) is 2. The topological polar surface area (TPSA) is 35.2 Å². The molecule has 0 aliphatic heterocycles. The molecule has 0 aromatic heterocycles. The van der Waals surface area contributed by atoms with Crippen LogP contribution in [0.2, 0.25) is 0 Å². The zero-order valence-corrected chi connectivity index (χ0v) is 13.4. The monoisotopic (exact) mass is 417 g/mol. The minimum Gasteiger partial charge on any atom is -0.484 e. The molecule has 0 fully saturated rings. The summed E-state index contributed by atoms with van der Waals surface area (Å²) in [5, 5.41) is 0. The molecule has 0 amide bonds. The van der Waals surface area contributed by atoms with E-state index in [4.69, 9.17) is 10.5 Å². The van der Waals surface area contributed by atoms with Gasteiger partial charge in [0.25, 0.3) is 0 Å². The first-order valence-corrected chi connectivity index (χ1v) is 7.44. The second-order valence-corrected chi connectivity index (χ2v) is 6.01. The maximum atomic E-state index is 5.91. The summed E-state index contributed by atoms with van der Waals surface area (Å²) in [4.78, 5) is 0. The molecule has 0 heterocycles. The van der Waals surface area contributed by atoms with Crippen molar-refractivity contribution in [2.75, 3.05) is 6.54 Å². The Labute approximate surface area is 129 Å². The smallest absolute Gasteiger partial charge is 0.136 e. The zero-order valence-electron chi connectivity index (χ0n) is 9.64. The first kappa shape index (κ1) is 13.8. The van der Waals surface area contributed by atoms with E-state index in [0.717, 1.165) is 15.8 Å². The highest BCUT2D eigenvalue weighted by Crippen LogP contribution is 2.24. The average molecular weight is 418 g/mol. The van der Waals surface area contributed by atoms with Crippen LogP contribution in [0.4, 0.5) is 0 Å². The summed E-state index contributed by atoms with van der Waals surface area (Å²) in [7, 11) is 0. The highest BCUT2D eigenvalue weighted by molar-refractivity contribution is 14.1. The standard InChI is InChI=1S/C14H13BrINO/c15-11-3-1-2-10(8-11)14(9-17)18-13-6-4-12(16)5-7-13/h1-8,14H,9,17H2. The van der Waals surface area contributed by atoms with E-state index in [-0.39, 0.29) is 6.10 Å². The minimum atomic E-state index is -0.123. The Morgan fingerprint density at radius 1 is 1.17 bits per heavy atom. The van der Waals surface area contributed by atoms with Crippen LogP contribution >= 0.6 is 38.5 Å². The van der Waals surface area contributed by atoms with Gasteiger partial charge in [0.1, 0.15) is 11.9 Å². The van der Waals surface area contributed by atoms with Crippen molar-refractivity contribution in [2.24, 2.45) is 5.73 Å². The van der Waals surface area contributed by atoms with Gasteiger partial charge < -0.3 is 10.5 Å². The molecule has 0 radical (unpaired) electrons. The first-order chi connectivity index (χ1) is 8.69. The molecule has 2 N–H and O–H groups in total. The van der Waals surface area contributed by atoms with Gasteiger partial charge in [0, 0.05) is 14.6 Å². The van der Waals surface area contributed by atoms with E-state index < -0.39 is 0 Å². The van der Waals surface area contributed by atoms with Crippen LogP contribution in [-0.2, 0) is 0 Å². The number of halogens is 2. The molecule has 1 atom stereocenters. The Kier molecular flexibility index (Phi) is 5.03. The Hall–Kier alpha value is -0.590. The highest BCUT2D eigenvalue weighted by atomic mass is 127. The van der Waals surface area contributed by atoms with Crippen LogP contribution in [0.25, 0.3) is 0 Å². The summed E-state index contributed by atoms with van der Waals surface area (Å²) < 4.78 is 8.13. The van der Waals surface area contributed by atoms with Crippen LogP contribution in [0.5, 0.6) is 5.75 Å². The molecule has 2 aromatic rings. The third-order valence-corrected chi connectivity index (χ3v) is 3.74. The Balaban J connectivity index is 2.17. The highest BCUT2D eigenvalue weighted by Gasteiger charge is 2.11. The van der Waals surface area contributed by atoms with Crippen molar-refractivity contribution in [3.8, 4) is 5.75 Å². The molecule has 2 rings (SSSR count). The lowest BCUT2D eigenvalue weighted by atomic mass is 10.1. The average Bonchev–Trinajstić information content (AvgIpc) is 2.38. The molecule has 0 saturated heterocycles. The van der Waals surface area contributed by atoms with Crippen molar-refractivity contribution in [2.45, 2.75) is 6.10 Å². The van der Waals surface area contributed by atoms with Crippen LogP contribution in [0.3, 0.4) is 0 Å².